The summed E-state index contributed by atoms with van der Waals surface area (Å²) in [5, 5.41) is 0. The molecule has 0 heterocycles. The normalized spacial score (nSPS) is 15.0. The number of benzene rings is 1. The van der Waals surface area contributed by atoms with Crippen LogP contribution in [0.15, 0.2) is 30.3 Å². The summed E-state index contributed by atoms with van der Waals surface area (Å²) < 4.78 is 0. The number of hydrogen-bond donors (Lipinski definition) is 0. The second-order valence-electron chi connectivity index (χ2n) is 4.22. The van der Waals surface area contributed by atoms with E-state index >= 15 is 0 Å². The highest BCUT2D eigenvalue weighted by atomic mass is 16.1. The Hall–Kier alpha value is -1.15. The van der Waals surface area contributed by atoms with Crippen LogP contribution in [0, 0.1) is 0 Å². The molecule has 0 saturated carbocycles. The largest absolute Gasteiger partial charge is 0.297 e. The van der Waals surface area contributed by atoms with Crippen molar-refractivity contribution in [2.75, 3.05) is 14.1 Å². The Bertz CT molecular complexity index is 332. The smallest absolute Gasteiger partial charge is 0.182 e. The Labute approximate surface area is 91.9 Å². The Kier molecular flexibility index (Phi) is 3.64. The van der Waals surface area contributed by atoms with Crippen molar-refractivity contribution in [2.45, 2.75) is 25.8 Å². The number of nitrogens with zero attached hydrogens (tertiary/aromatic N) is 1. The summed E-state index contributed by atoms with van der Waals surface area (Å²) >= 11 is 0. The molecular weight excluding hydrogens is 186 g/mol. The van der Waals surface area contributed by atoms with Crippen LogP contribution in [0.3, 0.4) is 0 Å². The standard InChI is InChI=1S/C13H19NO/c1-5-13(2,14(3)4)12(15)11-9-7-6-8-10-11/h6-10H,5H2,1-4H3. The topological polar surface area (TPSA) is 20.3 Å². The molecule has 1 aromatic carbocycles. The molecule has 0 N–H and O–H groups in total. The predicted molar refractivity (Wildman–Crippen MR) is 63.2 cm³/mol. The van der Waals surface area contributed by atoms with E-state index in [4.69, 9.17) is 0 Å². The molecule has 0 aliphatic heterocycles. The molecule has 2 heteroatoms. The molecule has 0 aliphatic carbocycles. The lowest BCUT2D eigenvalue weighted by Crippen LogP contribution is -2.48. The Morgan fingerprint density at radius 3 is 2.20 bits per heavy atom. The van der Waals surface area contributed by atoms with Gasteiger partial charge in [-0.05, 0) is 27.4 Å². The van der Waals surface area contributed by atoms with Gasteiger partial charge in [0.15, 0.2) is 5.78 Å². The van der Waals surface area contributed by atoms with Gasteiger partial charge in [0.2, 0.25) is 0 Å². The fraction of sp³-hybridized carbons (Fsp3) is 0.462. The summed E-state index contributed by atoms with van der Waals surface area (Å²) in [5.74, 6) is 0.190. The zero-order valence-corrected chi connectivity index (χ0v) is 9.95. The second kappa shape index (κ2) is 4.58. The van der Waals surface area contributed by atoms with Crippen LogP contribution in [0.1, 0.15) is 30.6 Å². The zero-order chi connectivity index (χ0) is 11.5. The molecule has 0 bridgehead atoms. The average molecular weight is 205 g/mol. The third kappa shape index (κ3) is 2.26. The second-order valence-corrected chi connectivity index (χ2v) is 4.22. The van der Waals surface area contributed by atoms with Gasteiger partial charge in [0, 0.05) is 5.56 Å². The van der Waals surface area contributed by atoms with Crippen LogP contribution in [-0.2, 0) is 0 Å². The summed E-state index contributed by atoms with van der Waals surface area (Å²) in [5.41, 5.74) is 0.386. The van der Waals surface area contributed by atoms with Crippen LogP contribution in [0.2, 0.25) is 0 Å². The van der Waals surface area contributed by atoms with Gasteiger partial charge in [-0.2, -0.15) is 0 Å². The number of hydrogen-bond acceptors (Lipinski definition) is 2. The number of likely N-dealkylation sites (N-methyl/N-ethyl adjacent to an activating group) is 1. The van der Waals surface area contributed by atoms with Gasteiger partial charge in [0.1, 0.15) is 0 Å². The molecule has 0 aliphatic rings. The fourth-order valence-corrected chi connectivity index (χ4v) is 1.58. The predicted octanol–water partition coefficient (Wildman–Crippen LogP) is 2.60. The number of carbonyl (C=O) groups excluding carboxylic acids is 1. The van der Waals surface area contributed by atoms with Crippen LogP contribution < -0.4 is 0 Å². The van der Waals surface area contributed by atoms with Crippen molar-refractivity contribution in [3.8, 4) is 0 Å². The maximum atomic E-state index is 12.3. The fourth-order valence-electron chi connectivity index (χ4n) is 1.58. The van der Waals surface area contributed by atoms with Crippen LogP contribution >= 0.6 is 0 Å². The third-order valence-corrected chi connectivity index (χ3v) is 3.20. The monoisotopic (exact) mass is 205 g/mol. The van der Waals surface area contributed by atoms with Crippen molar-refractivity contribution in [2.24, 2.45) is 0 Å². The average Bonchev–Trinajstić information content (AvgIpc) is 2.28. The molecule has 1 unspecified atom stereocenters. The molecule has 82 valence electrons. The van der Waals surface area contributed by atoms with E-state index in [1.54, 1.807) is 0 Å². The highest BCUT2D eigenvalue weighted by Gasteiger charge is 2.33. The minimum atomic E-state index is -0.401. The molecule has 1 atom stereocenters. The van der Waals surface area contributed by atoms with Gasteiger partial charge in [-0.3, -0.25) is 9.69 Å². The maximum absolute atomic E-state index is 12.3. The van der Waals surface area contributed by atoms with E-state index in [1.165, 1.54) is 0 Å². The zero-order valence-electron chi connectivity index (χ0n) is 9.95. The molecule has 1 rings (SSSR count). The third-order valence-electron chi connectivity index (χ3n) is 3.20. The summed E-state index contributed by atoms with van der Waals surface area (Å²) in [6.45, 7) is 4.03. The first kappa shape index (κ1) is 11.9. The van der Waals surface area contributed by atoms with E-state index in [2.05, 4.69) is 0 Å². The van der Waals surface area contributed by atoms with E-state index in [-0.39, 0.29) is 5.78 Å². The first-order valence-electron chi connectivity index (χ1n) is 5.29. The number of rotatable bonds is 4. The lowest BCUT2D eigenvalue weighted by Gasteiger charge is -2.34. The van der Waals surface area contributed by atoms with Gasteiger partial charge >= 0.3 is 0 Å². The molecule has 0 spiro atoms. The summed E-state index contributed by atoms with van der Waals surface area (Å²) in [6, 6.07) is 9.48. The van der Waals surface area contributed by atoms with Crippen LogP contribution in [0.25, 0.3) is 0 Å². The van der Waals surface area contributed by atoms with Crippen molar-refractivity contribution >= 4 is 5.78 Å². The van der Waals surface area contributed by atoms with Crippen molar-refractivity contribution in [1.82, 2.24) is 4.90 Å². The number of Topliss-reactive ketones (excluding diaryl/α,β-unsaturated/α-hetero) is 1. The van der Waals surface area contributed by atoms with E-state index in [9.17, 15) is 4.79 Å². The maximum Gasteiger partial charge on any atom is 0.182 e. The molecule has 0 amide bonds. The van der Waals surface area contributed by atoms with E-state index in [0.29, 0.717) is 0 Å². The summed E-state index contributed by atoms with van der Waals surface area (Å²) in [7, 11) is 3.90. The summed E-state index contributed by atoms with van der Waals surface area (Å²) in [4.78, 5) is 14.3. The Morgan fingerprint density at radius 2 is 1.80 bits per heavy atom. The molecule has 1 aromatic rings. The molecule has 15 heavy (non-hydrogen) atoms. The molecule has 2 nitrogen and oxygen atoms in total. The van der Waals surface area contributed by atoms with Crippen LogP contribution in [-0.4, -0.2) is 30.3 Å². The highest BCUT2D eigenvalue weighted by Crippen LogP contribution is 2.21. The molecule has 0 aromatic heterocycles. The van der Waals surface area contributed by atoms with Gasteiger partial charge in [0.05, 0.1) is 5.54 Å². The van der Waals surface area contributed by atoms with Crippen molar-refractivity contribution in [3.63, 3.8) is 0 Å². The van der Waals surface area contributed by atoms with Crippen molar-refractivity contribution in [1.29, 1.82) is 0 Å². The first-order chi connectivity index (χ1) is 7.02. The minimum Gasteiger partial charge on any atom is -0.297 e. The molecule has 0 radical (unpaired) electrons. The van der Waals surface area contributed by atoms with Gasteiger partial charge in [-0.15, -0.1) is 0 Å². The van der Waals surface area contributed by atoms with Gasteiger partial charge in [0.25, 0.3) is 0 Å². The van der Waals surface area contributed by atoms with Gasteiger partial charge in [-0.25, -0.2) is 0 Å². The molecular formula is C13H19NO. The number of ketones is 1. The van der Waals surface area contributed by atoms with Gasteiger partial charge < -0.3 is 0 Å². The molecule has 0 saturated heterocycles. The summed E-state index contributed by atoms with van der Waals surface area (Å²) in [6.07, 6.45) is 0.813. The van der Waals surface area contributed by atoms with E-state index in [0.717, 1.165) is 12.0 Å². The molecule has 0 fully saturated rings. The Balaban J connectivity index is 3.03. The Morgan fingerprint density at radius 1 is 1.27 bits per heavy atom. The SMILES string of the molecule is CCC(C)(C(=O)c1ccccc1)N(C)C. The quantitative estimate of drug-likeness (QED) is 0.704. The minimum absolute atomic E-state index is 0.190. The van der Waals surface area contributed by atoms with E-state index in [1.807, 2.05) is 63.2 Å². The van der Waals surface area contributed by atoms with E-state index < -0.39 is 5.54 Å². The lowest BCUT2D eigenvalue weighted by atomic mass is 9.87. The van der Waals surface area contributed by atoms with Crippen LogP contribution in [0.5, 0.6) is 0 Å². The van der Waals surface area contributed by atoms with Crippen molar-refractivity contribution in [3.05, 3.63) is 35.9 Å². The van der Waals surface area contributed by atoms with Crippen LogP contribution in [0.4, 0.5) is 0 Å². The van der Waals surface area contributed by atoms with Gasteiger partial charge in [-0.1, -0.05) is 37.3 Å². The van der Waals surface area contributed by atoms with Crippen molar-refractivity contribution < 1.29 is 4.79 Å². The lowest BCUT2D eigenvalue weighted by molar-refractivity contribution is 0.0710. The first-order valence-corrected chi connectivity index (χ1v) is 5.29. The highest BCUT2D eigenvalue weighted by molar-refractivity contribution is 6.02. The number of carbonyl (C=O) groups is 1.